The van der Waals surface area contributed by atoms with Gasteiger partial charge in [0, 0.05) is 12.1 Å². The molecule has 0 aromatic carbocycles. The van der Waals surface area contributed by atoms with Gasteiger partial charge in [0.2, 0.25) is 0 Å². The van der Waals surface area contributed by atoms with Gasteiger partial charge in [-0.25, -0.2) is 8.42 Å². The van der Waals surface area contributed by atoms with Gasteiger partial charge in [-0.3, -0.25) is 0 Å². The van der Waals surface area contributed by atoms with Crippen molar-refractivity contribution in [1.82, 2.24) is 5.32 Å². The maximum absolute atomic E-state index is 11.2. The van der Waals surface area contributed by atoms with E-state index in [4.69, 9.17) is 0 Å². The van der Waals surface area contributed by atoms with E-state index in [1.807, 2.05) is 0 Å². The van der Waals surface area contributed by atoms with E-state index < -0.39 is 9.84 Å². The molecule has 1 aliphatic heterocycles. The van der Waals surface area contributed by atoms with Gasteiger partial charge in [0.25, 0.3) is 0 Å². The molecule has 1 saturated heterocycles. The first-order chi connectivity index (χ1) is 6.44. The minimum Gasteiger partial charge on any atom is -0.310 e. The van der Waals surface area contributed by atoms with Crippen molar-refractivity contribution in [1.29, 1.82) is 0 Å². The second-order valence-electron chi connectivity index (χ2n) is 4.44. The smallest absolute Gasteiger partial charge is 0.151 e. The molecule has 0 aliphatic carbocycles. The molecule has 0 amide bonds. The number of nitrogens with one attached hydrogen (secondary N) is 1. The molecule has 3 atom stereocenters. The minimum absolute atomic E-state index is 0.184. The van der Waals surface area contributed by atoms with Crippen molar-refractivity contribution in [2.45, 2.75) is 45.7 Å². The molecule has 0 aromatic heterocycles. The first-order valence-corrected chi connectivity index (χ1v) is 7.23. The predicted octanol–water partition coefficient (Wildman–Crippen LogP) is 1.20. The molecule has 0 aromatic rings. The molecule has 84 valence electrons. The maximum atomic E-state index is 11.2. The quantitative estimate of drug-likeness (QED) is 0.773. The molecule has 0 spiro atoms. The van der Waals surface area contributed by atoms with Gasteiger partial charge in [0.1, 0.15) is 0 Å². The second-order valence-corrected chi connectivity index (χ2v) is 6.67. The van der Waals surface area contributed by atoms with Gasteiger partial charge in [0.15, 0.2) is 9.84 Å². The van der Waals surface area contributed by atoms with Crippen molar-refractivity contribution in [3.8, 4) is 0 Å². The van der Waals surface area contributed by atoms with Gasteiger partial charge in [-0.1, -0.05) is 20.3 Å². The summed E-state index contributed by atoms with van der Waals surface area (Å²) in [6.45, 7) is 6.49. The Kier molecular flexibility index (Phi) is 3.95. The lowest BCUT2D eigenvalue weighted by molar-refractivity contribution is 0.359. The monoisotopic (exact) mass is 219 g/mol. The highest BCUT2D eigenvalue weighted by Crippen LogP contribution is 2.14. The highest BCUT2D eigenvalue weighted by Gasteiger charge is 2.29. The summed E-state index contributed by atoms with van der Waals surface area (Å²) >= 11 is 0. The lowest BCUT2D eigenvalue weighted by Crippen LogP contribution is -2.40. The van der Waals surface area contributed by atoms with Gasteiger partial charge < -0.3 is 5.32 Å². The van der Waals surface area contributed by atoms with Gasteiger partial charge in [-0.2, -0.15) is 0 Å². The Bertz CT molecular complexity index is 274. The minimum atomic E-state index is -2.74. The summed E-state index contributed by atoms with van der Waals surface area (Å²) in [7, 11) is -2.74. The van der Waals surface area contributed by atoms with Crippen molar-refractivity contribution >= 4 is 9.84 Å². The van der Waals surface area contributed by atoms with Crippen LogP contribution in [-0.4, -0.2) is 32.0 Å². The topological polar surface area (TPSA) is 46.2 Å². The fourth-order valence-electron chi connectivity index (χ4n) is 1.82. The van der Waals surface area contributed by atoms with Crippen LogP contribution >= 0.6 is 0 Å². The number of hydrogen-bond acceptors (Lipinski definition) is 3. The van der Waals surface area contributed by atoms with Crippen molar-refractivity contribution in [3.63, 3.8) is 0 Å². The summed E-state index contributed by atoms with van der Waals surface area (Å²) in [5, 5.41) is 3.41. The third kappa shape index (κ3) is 3.24. The average molecular weight is 219 g/mol. The van der Waals surface area contributed by atoms with E-state index in [0.29, 0.717) is 23.5 Å². The van der Waals surface area contributed by atoms with E-state index in [9.17, 15) is 8.42 Å². The van der Waals surface area contributed by atoms with Crippen molar-refractivity contribution in [3.05, 3.63) is 0 Å². The van der Waals surface area contributed by atoms with E-state index in [0.717, 1.165) is 12.8 Å². The molecule has 0 radical (unpaired) electrons. The summed E-state index contributed by atoms with van der Waals surface area (Å²) in [5.41, 5.74) is 0. The molecule has 4 heteroatoms. The average Bonchev–Trinajstić information content (AvgIpc) is 2.44. The van der Waals surface area contributed by atoms with Gasteiger partial charge in [0.05, 0.1) is 11.5 Å². The molecule has 0 unspecified atom stereocenters. The molecule has 14 heavy (non-hydrogen) atoms. The van der Waals surface area contributed by atoms with Crippen LogP contribution in [0.4, 0.5) is 0 Å². The normalized spacial score (nSPS) is 30.1. The molecule has 1 fully saturated rings. The second kappa shape index (κ2) is 4.62. The highest BCUT2D eigenvalue weighted by molar-refractivity contribution is 7.91. The highest BCUT2D eigenvalue weighted by atomic mass is 32.2. The first kappa shape index (κ1) is 12.0. The first-order valence-electron chi connectivity index (χ1n) is 5.41. The van der Waals surface area contributed by atoms with Crippen LogP contribution in [0, 0.1) is 5.92 Å². The Balaban J connectivity index is 2.39. The summed E-state index contributed by atoms with van der Waals surface area (Å²) in [5.74, 6) is 1.30. The van der Waals surface area contributed by atoms with Gasteiger partial charge in [-0.15, -0.1) is 0 Å². The van der Waals surface area contributed by atoms with E-state index in [-0.39, 0.29) is 6.04 Å². The molecule has 1 N–H and O–H groups in total. The third-order valence-corrected chi connectivity index (χ3v) is 5.00. The number of sulfone groups is 1. The van der Waals surface area contributed by atoms with E-state index in [1.54, 1.807) is 0 Å². The zero-order valence-electron chi connectivity index (χ0n) is 9.29. The molecular formula is C10H21NO2S. The van der Waals surface area contributed by atoms with Crippen LogP contribution in [0.2, 0.25) is 0 Å². The molecule has 0 bridgehead atoms. The zero-order chi connectivity index (χ0) is 10.8. The molecule has 3 nitrogen and oxygen atoms in total. The van der Waals surface area contributed by atoms with Gasteiger partial charge in [-0.05, 0) is 19.3 Å². The Labute approximate surface area is 87.2 Å². The summed E-state index contributed by atoms with van der Waals surface area (Å²) < 4.78 is 22.4. The van der Waals surface area contributed by atoms with E-state index in [1.165, 1.54) is 0 Å². The largest absolute Gasteiger partial charge is 0.310 e. The van der Waals surface area contributed by atoms with Gasteiger partial charge >= 0.3 is 0 Å². The Morgan fingerprint density at radius 1 is 1.43 bits per heavy atom. The third-order valence-electron chi connectivity index (χ3n) is 3.23. The summed E-state index contributed by atoms with van der Waals surface area (Å²) in [4.78, 5) is 0. The van der Waals surface area contributed by atoms with Crippen LogP contribution in [0.5, 0.6) is 0 Å². The van der Waals surface area contributed by atoms with Crippen molar-refractivity contribution in [2.24, 2.45) is 5.92 Å². The van der Waals surface area contributed by atoms with E-state index in [2.05, 4.69) is 26.1 Å². The van der Waals surface area contributed by atoms with Crippen LogP contribution in [0.1, 0.15) is 33.6 Å². The predicted molar refractivity (Wildman–Crippen MR) is 59.1 cm³/mol. The molecule has 1 aliphatic rings. The summed E-state index contributed by atoms with van der Waals surface area (Å²) in [6, 6.07) is 0.599. The van der Waals surface area contributed by atoms with Crippen LogP contribution < -0.4 is 5.32 Å². The van der Waals surface area contributed by atoms with Crippen molar-refractivity contribution < 1.29 is 8.42 Å². The Hall–Kier alpha value is -0.0900. The van der Waals surface area contributed by atoms with Crippen molar-refractivity contribution in [2.75, 3.05) is 11.5 Å². The number of hydrogen-bond donors (Lipinski definition) is 1. The number of rotatable bonds is 4. The fraction of sp³-hybridized carbons (Fsp3) is 1.00. The molecule has 1 heterocycles. The standard InChI is InChI=1S/C10H21NO2S/c1-4-8(2)9(3)11-10-5-6-14(12,13)7-10/h8-11H,4-7H2,1-3H3/t8-,9+,10-/m1/s1. The maximum Gasteiger partial charge on any atom is 0.151 e. The van der Waals surface area contributed by atoms with Crippen LogP contribution in [0.3, 0.4) is 0 Å². The molecular weight excluding hydrogens is 198 g/mol. The van der Waals surface area contributed by atoms with Crippen LogP contribution in [-0.2, 0) is 9.84 Å². The lowest BCUT2D eigenvalue weighted by Gasteiger charge is -2.23. The molecule has 0 saturated carbocycles. The Morgan fingerprint density at radius 3 is 2.50 bits per heavy atom. The van der Waals surface area contributed by atoms with E-state index >= 15 is 0 Å². The fourth-order valence-corrected chi connectivity index (χ4v) is 3.50. The molecule has 1 rings (SSSR count). The SMILES string of the molecule is CC[C@@H](C)[C@H](C)N[C@@H]1CCS(=O)(=O)C1. The summed E-state index contributed by atoms with van der Waals surface area (Å²) in [6.07, 6.45) is 1.91. The Morgan fingerprint density at radius 2 is 2.07 bits per heavy atom. The van der Waals surface area contributed by atoms with Crippen LogP contribution in [0.15, 0.2) is 0 Å². The lowest BCUT2D eigenvalue weighted by atomic mass is 10.00. The van der Waals surface area contributed by atoms with Crippen LogP contribution in [0.25, 0.3) is 0 Å². The zero-order valence-corrected chi connectivity index (χ0v) is 10.1.